The molecule has 0 aliphatic carbocycles. The SMILES string of the molecule is CNc1nc(C)cc(N(C)C(C)C(C)(C)C)n1. The van der Waals surface area contributed by atoms with Crippen LogP contribution < -0.4 is 10.2 Å². The van der Waals surface area contributed by atoms with E-state index in [1.165, 1.54) is 0 Å². The summed E-state index contributed by atoms with van der Waals surface area (Å²) in [6.07, 6.45) is 0. The fraction of sp³-hybridized carbons (Fsp3) is 0.692. The van der Waals surface area contributed by atoms with E-state index in [2.05, 4.69) is 54.9 Å². The van der Waals surface area contributed by atoms with E-state index in [0.717, 1.165) is 11.5 Å². The van der Waals surface area contributed by atoms with Crippen molar-refractivity contribution >= 4 is 11.8 Å². The number of nitrogens with one attached hydrogen (secondary N) is 1. The van der Waals surface area contributed by atoms with Crippen LogP contribution >= 0.6 is 0 Å². The van der Waals surface area contributed by atoms with Crippen molar-refractivity contribution in [3.8, 4) is 0 Å². The van der Waals surface area contributed by atoms with Gasteiger partial charge in [0.15, 0.2) is 0 Å². The summed E-state index contributed by atoms with van der Waals surface area (Å²) < 4.78 is 0. The molecule has 0 bridgehead atoms. The maximum Gasteiger partial charge on any atom is 0.224 e. The van der Waals surface area contributed by atoms with Crippen LogP contribution in [0.2, 0.25) is 0 Å². The molecular weight excluding hydrogens is 212 g/mol. The standard InChI is InChI=1S/C13H24N4/c1-9-8-11(16-12(14-6)15-9)17(7)10(2)13(3,4)5/h8,10H,1-7H3,(H,14,15,16). The lowest BCUT2D eigenvalue weighted by Crippen LogP contribution is -2.40. The van der Waals surface area contributed by atoms with Gasteiger partial charge in [0.25, 0.3) is 0 Å². The normalized spacial score (nSPS) is 13.4. The quantitative estimate of drug-likeness (QED) is 0.876. The topological polar surface area (TPSA) is 41.1 Å². The number of aryl methyl sites for hydroxylation is 1. The highest BCUT2D eigenvalue weighted by molar-refractivity contribution is 5.45. The van der Waals surface area contributed by atoms with Crippen molar-refractivity contribution in [2.75, 3.05) is 24.3 Å². The lowest BCUT2D eigenvalue weighted by molar-refractivity contribution is 0.328. The van der Waals surface area contributed by atoms with Gasteiger partial charge in [-0.3, -0.25) is 0 Å². The molecule has 1 rings (SSSR count). The molecule has 4 nitrogen and oxygen atoms in total. The summed E-state index contributed by atoms with van der Waals surface area (Å²) in [6, 6.07) is 2.42. The predicted molar refractivity (Wildman–Crippen MR) is 73.6 cm³/mol. The average Bonchev–Trinajstić information content (AvgIpc) is 2.24. The Morgan fingerprint density at radius 3 is 2.35 bits per heavy atom. The zero-order chi connectivity index (χ0) is 13.2. The van der Waals surface area contributed by atoms with E-state index in [1.54, 1.807) is 0 Å². The molecule has 4 heteroatoms. The molecule has 1 aromatic heterocycles. The lowest BCUT2D eigenvalue weighted by Gasteiger charge is -2.36. The number of hydrogen-bond acceptors (Lipinski definition) is 4. The Bertz CT molecular complexity index is 381. The molecule has 0 amide bonds. The Balaban J connectivity index is 3.03. The smallest absolute Gasteiger partial charge is 0.224 e. The van der Waals surface area contributed by atoms with Gasteiger partial charge in [-0.25, -0.2) is 4.98 Å². The minimum atomic E-state index is 0.216. The van der Waals surface area contributed by atoms with Gasteiger partial charge in [-0.2, -0.15) is 4.98 Å². The van der Waals surface area contributed by atoms with Gasteiger partial charge in [-0.1, -0.05) is 20.8 Å². The van der Waals surface area contributed by atoms with Crippen LogP contribution in [0.25, 0.3) is 0 Å². The first kappa shape index (κ1) is 13.7. The second-order valence-electron chi connectivity index (χ2n) is 5.59. The van der Waals surface area contributed by atoms with Crippen LogP contribution in [-0.2, 0) is 0 Å². The zero-order valence-corrected chi connectivity index (χ0v) is 12.0. The summed E-state index contributed by atoms with van der Waals surface area (Å²) in [5, 5.41) is 2.99. The molecule has 0 saturated heterocycles. The van der Waals surface area contributed by atoms with Crippen molar-refractivity contribution in [2.24, 2.45) is 5.41 Å². The Morgan fingerprint density at radius 1 is 1.29 bits per heavy atom. The van der Waals surface area contributed by atoms with Crippen molar-refractivity contribution in [3.05, 3.63) is 11.8 Å². The third-order valence-corrected chi connectivity index (χ3v) is 3.26. The van der Waals surface area contributed by atoms with E-state index in [-0.39, 0.29) is 5.41 Å². The fourth-order valence-electron chi connectivity index (χ4n) is 1.62. The van der Waals surface area contributed by atoms with Crippen LogP contribution in [-0.4, -0.2) is 30.1 Å². The molecular formula is C13H24N4. The molecule has 0 spiro atoms. The molecule has 0 aliphatic rings. The molecule has 1 aromatic rings. The Kier molecular flexibility index (Phi) is 3.96. The number of nitrogens with zero attached hydrogens (tertiary/aromatic N) is 3. The summed E-state index contributed by atoms with van der Waals surface area (Å²) in [5.41, 5.74) is 1.19. The molecule has 1 atom stereocenters. The minimum Gasteiger partial charge on any atom is -0.357 e. The molecule has 17 heavy (non-hydrogen) atoms. The number of rotatable bonds is 3. The van der Waals surface area contributed by atoms with Crippen molar-refractivity contribution < 1.29 is 0 Å². The number of aromatic nitrogens is 2. The zero-order valence-electron chi connectivity index (χ0n) is 12.0. The summed E-state index contributed by atoms with van der Waals surface area (Å²) >= 11 is 0. The van der Waals surface area contributed by atoms with Crippen molar-refractivity contribution in [1.82, 2.24) is 9.97 Å². The van der Waals surface area contributed by atoms with Crippen molar-refractivity contribution in [3.63, 3.8) is 0 Å². The summed E-state index contributed by atoms with van der Waals surface area (Å²) in [4.78, 5) is 11.0. The predicted octanol–water partition coefficient (Wildman–Crippen LogP) is 2.70. The molecule has 0 aromatic carbocycles. The van der Waals surface area contributed by atoms with Crippen molar-refractivity contribution in [1.29, 1.82) is 0 Å². The van der Waals surface area contributed by atoms with E-state index in [0.29, 0.717) is 12.0 Å². The molecule has 96 valence electrons. The highest BCUT2D eigenvalue weighted by atomic mass is 15.2. The van der Waals surface area contributed by atoms with Gasteiger partial charge < -0.3 is 10.2 Å². The van der Waals surface area contributed by atoms with E-state index < -0.39 is 0 Å². The van der Waals surface area contributed by atoms with E-state index in [1.807, 2.05) is 20.0 Å². The molecule has 1 unspecified atom stereocenters. The van der Waals surface area contributed by atoms with Crippen molar-refractivity contribution in [2.45, 2.75) is 40.7 Å². The van der Waals surface area contributed by atoms with Gasteiger partial charge in [0.05, 0.1) is 0 Å². The maximum absolute atomic E-state index is 4.49. The molecule has 1 N–H and O–H groups in total. The largest absolute Gasteiger partial charge is 0.357 e. The van der Waals surface area contributed by atoms with Gasteiger partial charge in [0, 0.05) is 31.9 Å². The molecule has 0 aliphatic heterocycles. The number of hydrogen-bond donors (Lipinski definition) is 1. The fourth-order valence-corrected chi connectivity index (χ4v) is 1.62. The van der Waals surface area contributed by atoms with Crippen LogP contribution in [0.3, 0.4) is 0 Å². The first-order chi connectivity index (χ1) is 7.75. The molecule has 1 heterocycles. The summed E-state index contributed by atoms with van der Waals surface area (Å²) in [6.45, 7) is 10.9. The molecule has 0 radical (unpaired) electrons. The van der Waals surface area contributed by atoms with Gasteiger partial charge in [-0.15, -0.1) is 0 Å². The third-order valence-electron chi connectivity index (χ3n) is 3.26. The lowest BCUT2D eigenvalue weighted by atomic mass is 9.87. The Morgan fingerprint density at radius 2 is 1.88 bits per heavy atom. The summed E-state index contributed by atoms with van der Waals surface area (Å²) in [5.74, 6) is 1.64. The summed E-state index contributed by atoms with van der Waals surface area (Å²) in [7, 11) is 3.92. The van der Waals surface area contributed by atoms with Crippen LogP contribution in [0.4, 0.5) is 11.8 Å². The highest BCUT2D eigenvalue weighted by Gasteiger charge is 2.25. The van der Waals surface area contributed by atoms with E-state index in [4.69, 9.17) is 0 Å². The Hall–Kier alpha value is -1.32. The van der Waals surface area contributed by atoms with Gasteiger partial charge in [-0.05, 0) is 19.3 Å². The average molecular weight is 236 g/mol. The minimum absolute atomic E-state index is 0.216. The third kappa shape index (κ3) is 3.32. The van der Waals surface area contributed by atoms with Crippen LogP contribution in [0.15, 0.2) is 6.07 Å². The second-order valence-corrected chi connectivity index (χ2v) is 5.59. The van der Waals surface area contributed by atoms with E-state index in [9.17, 15) is 0 Å². The van der Waals surface area contributed by atoms with Gasteiger partial charge >= 0.3 is 0 Å². The first-order valence-electron chi connectivity index (χ1n) is 6.02. The maximum atomic E-state index is 4.49. The Labute approximate surface area is 104 Å². The second kappa shape index (κ2) is 4.90. The first-order valence-corrected chi connectivity index (χ1v) is 6.02. The number of anilines is 2. The highest BCUT2D eigenvalue weighted by Crippen LogP contribution is 2.26. The molecule has 0 fully saturated rings. The monoisotopic (exact) mass is 236 g/mol. The molecule has 0 saturated carbocycles. The van der Waals surface area contributed by atoms with Gasteiger partial charge in [0.2, 0.25) is 5.95 Å². The van der Waals surface area contributed by atoms with Gasteiger partial charge in [0.1, 0.15) is 5.82 Å². The van der Waals surface area contributed by atoms with E-state index >= 15 is 0 Å². The van der Waals surface area contributed by atoms with Crippen LogP contribution in [0.5, 0.6) is 0 Å². The van der Waals surface area contributed by atoms with Crippen LogP contribution in [0.1, 0.15) is 33.4 Å². The van der Waals surface area contributed by atoms with Crippen LogP contribution in [0, 0.1) is 12.3 Å².